The Morgan fingerprint density at radius 3 is 2.72 bits per heavy atom. The number of aliphatic hydroxyl groups excluding tert-OH is 1. The van der Waals surface area contributed by atoms with Crippen LogP contribution in [0.25, 0.3) is 0 Å². The van der Waals surface area contributed by atoms with Gasteiger partial charge in [-0.1, -0.05) is 25.0 Å². The van der Waals surface area contributed by atoms with E-state index in [4.69, 9.17) is 9.72 Å². The van der Waals surface area contributed by atoms with Crippen LogP contribution >= 0.6 is 0 Å². The van der Waals surface area contributed by atoms with E-state index in [2.05, 4.69) is 17.0 Å². The highest BCUT2D eigenvalue weighted by Gasteiger charge is 2.25. The number of aliphatic hydroxyl groups is 1. The predicted octanol–water partition coefficient (Wildman–Crippen LogP) is 2.42. The van der Waals surface area contributed by atoms with Gasteiger partial charge in [0.25, 0.3) is 0 Å². The number of nitrogens with zero attached hydrogens (tertiary/aromatic N) is 4. The molecule has 1 atom stereocenters. The summed E-state index contributed by atoms with van der Waals surface area (Å²) in [5.41, 5.74) is 1.16. The molecule has 2 aromatic rings. The molecule has 3 rings (SSSR count). The monoisotopic (exact) mass is 344 g/mol. The smallest absolute Gasteiger partial charge is 0.155 e. The molecule has 1 saturated heterocycles. The number of hydrogen-bond acceptors (Lipinski definition) is 5. The third-order valence-electron chi connectivity index (χ3n) is 4.90. The molecule has 1 N–H and O–H groups in total. The molecule has 0 amide bonds. The first-order valence-corrected chi connectivity index (χ1v) is 9.09. The number of aromatic nitrogens is 3. The summed E-state index contributed by atoms with van der Waals surface area (Å²) in [5, 5.41) is 14.1. The summed E-state index contributed by atoms with van der Waals surface area (Å²) in [6.45, 7) is 1.66. The third kappa shape index (κ3) is 4.38. The van der Waals surface area contributed by atoms with Crippen LogP contribution in [0.4, 0.5) is 0 Å². The van der Waals surface area contributed by atoms with Crippen LogP contribution in [0.5, 0.6) is 5.75 Å². The van der Waals surface area contributed by atoms with Crippen molar-refractivity contribution in [3.63, 3.8) is 0 Å². The van der Waals surface area contributed by atoms with E-state index in [-0.39, 0.29) is 12.6 Å². The molecule has 0 saturated carbocycles. The second kappa shape index (κ2) is 8.45. The van der Waals surface area contributed by atoms with Crippen molar-refractivity contribution in [2.75, 3.05) is 27.3 Å². The van der Waals surface area contributed by atoms with Crippen LogP contribution in [0.3, 0.4) is 0 Å². The topological polar surface area (TPSA) is 63.4 Å². The Hall–Kier alpha value is -1.92. The van der Waals surface area contributed by atoms with Gasteiger partial charge in [-0.05, 0) is 44.1 Å². The predicted molar refractivity (Wildman–Crippen MR) is 96.7 cm³/mol. The number of methoxy groups -OCH3 is 1. The number of hydrogen-bond donors (Lipinski definition) is 1. The minimum absolute atomic E-state index is 0.0781. The zero-order valence-electron chi connectivity index (χ0n) is 15.2. The SMILES string of the molecule is COc1ccc(Cc2nc(C3CCCCCN3C)n(CCO)n2)cc1. The van der Waals surface area contributed by atoms with Crippen LogP contribution in [0.1, 0.15) is 48.9 Å². The Labute approximate surface area is 149 Å². The molecule has 1 unspecified atom stereocenters. The van der Waals surface area contributed by atoms with E-state index < -0.39 is 0 Å². The molecule has 0 bridgehead atoms. The lowest BCUT2D eigenvalue weighted by molar-refractivity contribution is 0.221. The van der Waals surface area contributed by atoms with E-state index in [1.807, 2.05) is 28.9 Å². The molecule has 0 spiro atoms. The summed E-state index contributed by atoms with van der Waals surface area (Å²) in [7, 11) is 3.83. The lowest BCUT2D eigenvalue weighted by Crippen LogP contribution is -2.27. The van der Waals surface area contributed by atoms with Crippen molar-refractivity contribution >= 4 is 0 Å². The standard InChI is InChI=1S/C19H28N4O2/c1-22-11-5-3-4-6-17(22)19-20-18(21-23(19)12-13-24)14-15-7-9-16(25-2)10-8-15/h7-10,17,24H,3-6,11-14H2,1-2H3. The molecule has 0 radical (unpaired) electrons. The maximum Gasteiger partial charge on any atom is 0.155 e. The highest BCUT2D eigenvalue weighted by Crippen LogP contribution is 2.28. The van der Waals surface area contributed by atoms with Gasteiger partial charge in [0.15, 0.2) is 5.82 Å². The molecule has 6 heteroatoms. The van der Waals surface area contributed by atoms with Gasteiger partial charge in [0, 0.05) is 6.42 Å². The highest BCUT2D eigenvalue weighted by molar-refractivity contribution is 5.28. The van der Waals surface area contributed by atoms with Crippen molar-refractivity contribution in [2.24, 2.45) is 0 Å². The molecular weight excluding hydrogens is 316 g/mol. The van der Waals surface area contributed by atoms with Crippen molar-refractivity contribution in [3.8, 4) is 5.75 Å². The molecule has 1 fully saturated rings. The minimum Gasteiger partial charge on any atom is -0.497 e. The number of likely N-dealkylation sites (tertiary alicyclic amines) is 1. The highest BCUT2D eigenvalue weighted by atomic mass is 16.5. The number of benzene rings is 1. The minimum atomic E-state index is 0.0781. The molecular formula is C19H28N4O2. The molecule has 25 heavy (non-hydrogen) atoms. The Balaban J connectivity index is 1.82. The van der Waals surface area contributed by atoms with E-state index in [0.29, 0.717) is 13.0 Å². The van der Waals surface area contributed by atoms with Crippen molar-refractivity contribution < 1.29 is 9.84 Å². The molecule has 6 nitrogen and oxygen atoms in total. The van der Waals surface area contributed by atoms with Crippen molar-refractivity contribution in [2.45, 2.75) is 44.7 Å². The summed E-state index contributed by atoms with van der Waals surface area (Å²) >= 11 is 0. The molecule has 1 aliphatic heterocycles. The Bertz CT molecular complexity index is 669. The van der Waals surface area contributed by atoms with Gasteiger partial charge in [-0.15, -0.1) is 0 Å². The van der Waals surface area contributed by atoms with E-state index in [1.165, 1.54) is 19.3 Å². The summed E-state index contributed by atoms with van der Waals surface area (Å²) in [6.07, 6.45) is 5.51. The summed E-state index contributed by atoms with van der Waals surface area (Å²) < 4.78 is 7.10. The fraction of sp³-hybridized carbons (Fsp3) is 0.579. The van der Waals surface area contributed by atoms with Gasteiger partial charge in [-0.3, -0.25) is 4.90 Å². The van der Waals surface area contributed by atoms with Gasteiger partial charge in [0.05, 0.1) is 26.3 Å². The zero-order valence-corrected chi connectivity index (χ0v) is 15.2. The van der Waals surface area contributed by atoms with E-state index in [0.717, 1.165) is 35.9 Å². The first-order chi connectivity index (χ1) is 12.2. The van der Waals surface area contributed by atoms with E-state index >= 15 is 0 Å². The van der Waals surface area contributed by atoms with Gasteiger partial charge in [0.2, 0.25) is 0 Å². The first kappa shape index (κ1) is 17.9. The van der Waals surface area contributed by atoms with Gasteiger partial charge in [0.1, 0.15) is 11.6 Å². The van der Waals surface area contributed by atoms with E-state index in [1.54, 1.807) is 7.11 Å². The van der Waals surface area contributed by atoms with E-state index in [9.17, 15) is 5.11 Å². The second-order valence-electron chi connectivity index (χ2n) is 6.70. The molecule has 136 valence electrons. The molecule has 2 heterocycles. The maximum absolute atomic E-state index is 9.40. The van der Waals surface area contributed by atoms with Crippen LogP contribution < -0.4 is 4.74 Å². The van der Waals surface area contributed by atoms with Gasteiger partial charge < -0.3 is 9.84 Å². The zero-order chi connectivity index (χ0) is 17.6. The maximum atomic E-state index is 9.40. The van der Waals surface area contributed by atoms with Crippen molar-refractivity contribution in [1.82, 2.24) is 19.7 Å². The molecule has 1 aromatic carbocycles. The summed E-state index contributed by atoms with van der Waals surface area (Å²) in [6, 6.07) is 8.29. The lowest BCUT2D eigenvalue weighted by atomic mass is 10.1. The van der Waals surface area contributed by atoms with Crippen LogP contribution in [-0.2, 0) is 13.0 Å². The van der Waals surface area contributed by atoms with Crippen LogP contribution in [0.15, 0.2) is 24.3 Å². The van der Waals surface area contributed by atoms with Crippen LogP contribution in [0.2, 0.25) is 0 Å². The largest absolute Gasteiger partial charge is 0.497 e. The first-order valence-electron chi connectivity index (χ1n) is 9.09. The summed E-state index contributed by atoms with van der Waals surface area (Å²) in [5.74, 6) is 2.65. The number of rotatable bonds is 6. The van der Waals surface area contributed by atoms with Gasteiger partial charge >= 0.3 is 0 Å². The molecule has 0 aliphatic carbocycles. The average Bonchev–Trinajstić information content (AvgIpc) is 2.87. The van der Waals surface area contributed by atoms with Gasteiger partial charge in [-0.2, -0.15) is 5.10 Å². The summed E-state index contributed by atoms with van der Waals surface area (Å²) in [4.78, 5) is 7.23. The lowest BCUT2D eigenvalue weighted by Gasteiger charge is -2.25. The molecule has 1 aromatic heterocycles. The fourth-order valence-electron chi connectivity index (χ4n) is 3.49. The normalized spacial score (nSPS) is 18.9. The molecule has 1 aliphatic rings. The third-order valence-corrected chi connectivity index (χ3v) is 4.90. The quantitative estimate of drug-likeness (QED) is 0.872. The number of ether oxygens (including phenoxy) is 1. The van der Waals surface area contributed by atoms with Crippen LogP contribution in [-0.4, -0.2) is 52.1 Å². The Morgan fingerprint density at radius 1 is 1.20 bits per heavy atom. The second-order valence-corrected chi connectivity index (χ2v) is 6.70. The van der Waals surface area contributed by atoms with Crippen LogP contribution in [0, 0.1) is 0 Å². The Morgan fingerprint density at radius 2 is 2.00 bits per heavy atom. The van der Waals surface area contributed by atoms with Gasteiger partial charge in [-0.25, -0.2) is 9.67 Å². The van der Waals surface area contributed by atoms with Crippen molar-refractivity contribution in [3.05, 3.63) is 41.5 Å². The average molecular weight is 344 g/mol. The fourth-order valence-corrected chi connectivity index (χ4v) is 3.49. The van der Waals surface area contributed by atoms with Crippen molar-refractivity contribution in [1.29, 1.82) is 0 Å². The Kier molecular flexibility index (Phi) is 6.04.